The Hall–Kier alpha value is -1.89. The van der Waals surface area contributed by atoms with E-state index >= 15 is 0 Å². The van der Waals surface area contributed by atoms with Crippen LogP contribution in [0, 0.1) is 0 Å². The number of carboxylic acids is 2. The van der Waals surface area contributed by atoms with Crippen LogP contribution in [0.25, 0.3) is 0 Å². The highest BCUT2D eigenvalue weighted by Crippen LogP contribution is 2.12. The second-order valence-corrected chi connectivity index (χ2v) is 3.26. The van der Waals surface area contributed by atoms with Crippen LogP contribution in [-0.2, 0) is 11.3 Å². The van der Waals surface area contributed by atoms with E-state index in [1.54, 1.807) is 13.8 Å². The summed E-state index contributed by atoms with van der Waals surface area (Å²) in [5, 5.41) is 17.3. The first kappa shape index (κ1) is 12.2. The van der Waals surface area contributed by atoms with Crippen LogP contribution in [0.15, 0.2) is 4.42 Å². The van der Waals surface area contributed by atoms with Crippen molar-refractivity contribution in [3.05, 3.63) is 17.3 Å². The van der Waals surface area contributed by atoms with Crippen molar-refractivity contribution in [3.8, 4) is 0 Å². The molecule has 7 heteroatoms. The zero-order chi connectivity index (χ0) is 12.3. The maximum Gasteiger partial charge on any atom is 0.374 e. The van der Waals surface area contributed by atoms with Crippen molar-refractivity contribution in [1.29, 1.82) is 0 Å². The van der Waals surface area contributed by atoms with Gasteiger partial charge in [0.25, 0.3) is 0 Å². The molecule has 0 unspecified atom stereocenters. The molecule has 16 heavy (non-hydrogen) atoms. The van der Waals surface area contributed by atoms with Crippen molar-refractivity contribution in [1.82, 2.24) is 4.98 Å². The van der Waals surface area contributed by atoms with Crippen LogP contribution in [0.4, 0.5) is 0 Å². The lowest BCUT2D eigenvalue weighted by molar-refractivity contribution is 0.0488. The third-order valence-electron chi connectivity index (χ3n) is 1.61. The maximum atomic E-state index is 10.7. The van der Waals surface area contributed by atoms with Crippen molar-refractivity contribution in [2.24, 2.45) is 0 Å². The topological polar surface area (TPSA) is 110 Å². The number of nitrogens with zero attached hydrogens (tertiary/aromatic N) is 1. The van der Waals surface area contributed by atoms with E-state index in [1.165, 1.54) is 0 Å². The number of carboxylic acid groups (broad SMARTS) is 2. The Bertz CT molecular complexity index is 377. The number of carbonyl (C=O) groups is 2. The summed E-state index contributed by atoms with van der Waals surface area (Å²) in [5.41, 5.74) is -0.616. The van der Waals surface area contributed by atoms with Gasteiger partial charge in [-0.15, -0.1) is 0 Å². The highest BCUT2D eigenvalue weighted by molar-refractivity contribution is 5.98. The minimum absolute atomic E-state index is 0.0643. The van der Waals surface area contributed by atoms with Crippen LogP contribution in [0.5, 0.6) is 0 Å². The predicted octanol–water partition coefficient (Wildman–Crippen LogP) is 0.996. The first-order valence-corrected chi connectivity index (χ1v) is 4.49. The lowest BCUT2D eigenvalue weighted by Gasteiger charge is -2.02. The highest BCUT2D eigenvalue weighted by atomic mass is 16.5. The molecule has 1 heterocycles. The van der Waals surface area contributed by atoms with E-state index in [2.05, 4.69) is 4.98 Å². The number of rotatable bonds is 5. The van der Waals surface area contributed by atoms with Gasteiger partial charge in [0.1, 0.15) is 6.61 Å². The molecule has 0 amide bonds. The monoisotopic (exact) mass is 229 g/mol. The van der Waals surface area contributed by atoms with E-state index in [-0.39, 0.29) is 18.6 Å². The normalized spacial score (nSPS) is 10.7. The molecule has 0 atom stereocenters. The summed E-state index contributed by atoms with van der Waals surface area (Å²) in [4.78, 5) is 24.8. The number of ether oxygens (including phenoxy) is 1. The summed E-state index contributed by atoms with van der Waals surface area (Å²) in [5.74, 6) is -3.67. The molecule has 1 rings (SSSR count). The van der Waals surface area contributed by atoms with E-state index in [0.717, 1.165) is 0 Å². The van der Waals surface area contributed by atoms with E-state index in [0.29, 0.717) is 0 Å². The number of hydrogen-bond acceptors (Lipinski definition) is 5. The van der Waals surface area contributed by atoms with Gasteiger partial charge in [-0.2, -0.15) is 0 Å². The largest absolute Gasteiger partial charge is 0.476 e. The molecule has 7 nitrogen and oxygen atoms in total. The Morgan fingerprint density at radius 1 is 1.38 bits per heavy atom. The van der Waals surface area contributed by atoms with Gasteiger partial charge in [0.2, 0.25) is 17.3 Å². The summed E-state index contributed by atoms with van der Waals surface area (Å²) >= 11 is 0. The number of aromatic nitrogens is 1. The Kier molecular flexibility index (Phi) is 3.62. The third-order valence-corrected chi connectivity index (χ3v) is 1.61. The van der Waals surface area contributed by atoms with Crippen molar-refractivity contribution in [3.63, 3.8) is 0 Å². The molecule has 0 bridgehead atoms. The zero-order valence-corrected chi connectivity index (χ0v) is 8.76. The maximum absolute atomic E-state index is 10.7. The first-order chi connectivity index (χ1) is 7.41. The second kappa shape index (κ2) is 4.75. The molecule has 0 saturated heterocycles. The molecule has 1 aromatic rings. The SMILES string of the molecule is CC(C)OCc1nc(C(=O)O)c(C(=O)O)o1. The van der Waals surface area contributed by atoms with Crippen LogP contribution in [0.3, 0.4) is 0 Å². The molecule has 1 aromatic heterocycles. The second-order valence-electron chi connectivity index (χ2n) is 3.26. The summed E-state index contributed by atoms with van der Waals surface area (Å²) in [6.07, 6.45) is -0.0894. The number of oxazole rings is 1. The predicted molar refractivity (Wildman–Crippen MR) is 50.3 cm³/mol. The van der Waals surface area contributed by atoms with Crippen LogP contribution in [-0.4, -0.2) is 33.2 Å². The zero-order valence-electron chi connectivity index (χ0n) is 8.76. The van der Waals surface area contributed by atoms with Crippen molar-refractivity contribution in [2.75, 3.05) is 0 Å². The molecule has 0 aliphatic rings. The Labute approximate surface area is 90.7 Å². The molecule has 0 aliphatic carbocycles. The lowest BCUT2D eigenvalue weighted by atomic mass is 10.3. The van der Waals surface area contributed by atoms with Crippen molar-refractivity contribution in [2.45, 2.75) is 26.6 Å². The lowest BCUT2D eigenvalue weighted by Crippen LogP contribution is -2.06. The molecule has 0 saturated carbocycles. The number of aromatic carboxylic acids is 2. The molecule has 0 radical (unpaired) electrons. The molecule has 0 fully saturated rings. The summed E-state index contributed by atoms with van der Waals surface area (Å²) in [6.45, 7) is 3.49. The van der Waals surface area contributed by atoms with Gasteiger partial charge in [0, 0.05) is 0 Å². The van der Waals surface area contributed by atoms with Crippen LogP contribution >= 0.6 is 0 Å². The van der Waals surface area contributed by atoms with E-state index in [9.17, 15) is 9.59 Å². The average molecular weight is 229 g/mol. The minimum Gasteiger partial charge on any atom is -0.476 e. The quantitative estimate of drug-likeness (QED) is 0.774. The smallest absolute Gasteiger partial charge is 0.374 e. The molecule has 0 spiro atoms. The molecule has 88 valence electrons. The van der Waals surface area contributed by atoms with Crippen molar-refractivity contribution < 1.29 is 29.0 Å². The molecular formula is C9H11NO6. The standard InChI is InChI=1S/C9H11NO6/c1-4(2)15-3-5-10-6(8(11)12)7(16-5)9(13)14/h4H,3H2,1-2H3,(H,11,12)(H,13,14). The fourth-order valence-electron chi connectivity index (χ4n) is 0.954. The minimum atomic E-state index is -1.47. The van der Waals surface area contributed by atoms with Gasteiger partial charge < -0.3 is 19.4 Å². The highest BCUT2D eigenvalue weighted by Gasteiger charge is 2.24. The van der Waals surface area contributed by atoms with Crippen LogP contribution in [0.2, 0.25) is 0 Å². The Morgan fingerprint density at radius 3 is 2.38 bits per heavy atom. The fraction of sp³-hybridized carbons (Fsp3) is 0.444. The van der Waals surface area contributed by atoms with Gasteiger partial charge in [0.15, 0.2) is 0 Å². The Balaban J connectivity index is 2.93. The molecular weight excluding hydrogens is 218 g/mol. The van der Waals surface area contributed by atoms with Gasteiger partial charge in [0.05, 0.1) is 6.10 Å². The molecule has 0 aromatic carbocycles. The molecule has 2 N–H and O–H groups in total. The summed E-state index contributed by atoms with van der Waals surface area (Å²) < 4.78 is 9.89. The van der Waals surface area contributed by atoms with Crippen LogP contribution < -0.4 is 0 Å². The third kappa shape index (κ3) is 2.80. The van der Waals surface area contributed by atoms with E-state index in [4.69, 9.17) is 19.4 Å². The first-order valence-electron chi connectivity index (χ1n) is 4.49. The van der Waals surface area contributed by atoms with Gasteiger partial charge >= 0.3 is 11.9 Å². The van der Waals surface area contributed by atoms with Gasteiger partial charge in [-0.05, 0) is 13.8 Å². The van der Waals surface area contributed by atoms with E-state index in [1.807, 2.05) is 0 Å². The summed E-state index contributed by atoms with van der Waals surface area (Å²) in [7, 11) is 0. The average Bonchev–Trinajstić information content (AvgIpc) is 2.58. The van der Waals surface area contributed by atoms with Crippen molar-refractivity contribution >= 4 is 11.9 Å². The van der Waals surface area contributed by atoms with Crippen LogP contribution in [0.1, 0.15) is 40.8 Å². The molecule has 0 aliphatic heterocycles. The number of hydrogen-bond donors (Lipinski definition) is 2. The van der Waals surface area contributed by atoms with E-state index < -0.39 is 23.4 Å². The fourth-order valence-corrected chi connectivity index (χ4v) is 0.954. The van der Waals surface area contributed by atoms with Gasteiger partial charge in [-0.1, -0.05) is 0 Å². The van der Waals surface area contributed by atoms with Gasteiger partial charge in [-0.3, -0.25) is 0 Å². The summed E-state index contributed by atoms with van der Waals surface area (Å²) in [6, 6.07) is 0. The Morgan fingerprint density at radius 2 is 2.00 bits per heavy atom. The van der Waals surface area contributed by atoms with Gasteiger partial charge in [-0.25, -0.2) is 14.6 Å².